The van der Waals surface area contributed by atoms with E-state index >= 15 is 0 Å². The van der Waals surface area contributed by atoms with Crippen molar-refractivity contribution in [1.29, 1.82) is 0 Å². The zero-order valence-corrected chi connectivity index (χ0v) is 16.6. The molecule has 2 N–H and O–H groups in total. The van der Waals surface area contributed by atoms with Gasteiger partial charge in [-0.1, -0.05) is 12.1 Å². The molecule has 0 saturated heterocycles. The van der Waals surface area contributed by atoms with Gasteiger partial charge in [0, 0.05) is 5.56 Å². The van der Waals surface area contributed by atoms with Crippen molar-refractivity contribution in [2.45, 2.75) is 23.1 Å². The maximum atomic E-state index is 12.5. The Morgan fingerprint density at radius 2 is 1.76 bits per heavy atom. The number of benzene rings is 2. The fourth-order valence-corrected chi connectivity index (χ4v) is 3.95. The highest BCUT2D eigenvalue weighted by molar-refractivity contribution is 7.86. The summed E-state index contributed by atoms with van der Waals surface area (Å²) >= 11 is 0. The number of hydrogen-bond acceptors (Lipinski definition) is 7. The van der Waals surface area contributed by atoms with E-state index in [1.165, 1.54) is 0 Å². The highest BCUT2D eigenvalue weighted by Gasteiger charge is 2.32. The molecule has 0 aromatic heterocycles. The zero-order valence-electron chi connectivity index (χ0n) is 15.0. The average molecular weight is 440 g/mol. The highest BCUT2D eigenvalue weighted by atomic mass is 32.2. The molecule has 0 aliphatic carbocycles. The molecular weight excluding hydrogens is 424 g/mol. The van der Waals surface area contributed by atoms with E-state index in [0.717, 1.165) is 18.2 Å². The SMILES string of the molecule is CCOc1ccccc1C1=NN(c2cc(S(=O)(=O)O)ccc2S(=O)(=O)O)C(=O)C1. The van der Waals surface area contributed by atoms with Crippen molar-refractivity contribution in [1.82, 2.24) is 0 Å². The van der Waals surface area contributed by atoms with Crippen LogP contribution in [0.4, 0.5) is 5.69 Å². The minimum Gasteiger partial charge on any atom is -0.493 e. The third-order valence-corrected chi connectivity index (χ3v) is 5.76. The molecule has 0 unspecified atom stereocenters. The molecule has 2 aromatic carbocycles. The van der Waals surface area contributed by atoms with E-state index in [1.54, 1.807) is 31.2 Å². The van der Waals surface area contributed by atoms with Gasteiger partial charge in [-0.15, -0.1) is 0 Å². The molecule has 0 spiro atoms. The molecule has 0 fully saturated rings. The molecule has 12 heteroatoms. The monoisotopic (exact) mass is 440 g/mol. The van der Waals surface area contributed by atoms with Crippen LogP contribution in [0, 0.1) is 0 Å². The number of amides is 1. The summed E-state index contributed by atoms with van der Waals surface area (Å²) in [5.74, 6) is -0.200. The summed E-state index contributed by atoms with van der Waals surface area (Å²) in [5.41, 5.74) is 0.263. The van der Waals surface area contributed by atoms with Crippen LogP contribution in [-0.2, 0) is 25.0 Å². The molecule has 1 amide bonds. The lowest BCUT2D eigenvalue weighted by Crippen LogP contribution is -2.22. The Hall–Kier alpha value is -2.80. The minimum atomic E-state index is -4.82. The molecule has 1 aliphatic heterocycles. The Morgan fingerprint density at radius 3 is 2.38 bits per heavy atom. The second kappa shape index (κ2) is 7.55. The number of para-hydroxylation sites is 1. The first-order valence-corrected chi connectivity index (χ1v) is 11.1. The molecule has 0 atom stereocenters. The lowest BCUT2D eigenvalue weighted by Gasteiger charge is -2.15. The molecule has 154 valence electrons. The summed E-state index contributed by atoms with van der Waals surface area (Å²) in [7, 11) is -9.52. The van der Waals surface area contributed by atoms with Crippen molar-refractivity contribution in [2.24, 2.45) is 5.10 Å². The van der Waals surface area contributed by atoms with E-state index in [0.29, 0.717) is 22.9 Å². The van der Waals surface area contributed by atoms with Crippen molar-refractivity contribution in [3.05, 3.63) is 48.0 Å². The van der Waals surface area contributed by atoms with E-state index in [2.05, 4.69) is 5.10 Å². The Bertz CT molecular complexity index is 1220. The number of hydrogen-bond donors (Lipinski definition) is 2. The molecule has 2 aromatic rings. The Kier molecular flexibility index (Phi) is 5.45. The van der Waals surface area contributed by atoms with Crippen LogP contribution in [0.5, 0.6) is 5.75 Å². The first kappa shape index (κ1) is 20.9. The third-order valence-electron chi connectivity index (χ3n) is 4.01. The van der Waals surface area contributed by atoms with Gasteiger partial charge in [-0.05, 0) is 37.3 Å². The van der Waals surface area contributed by atoms with Gasteiger partial charge in [0.05, 0.1) is 29.3 Å². The van der Waals surface area contributed by atoms with Gasteiger partial charge in [0.2, 0.25) is 0 Å². The molecule has 0 radical (unpaired) electrons. The number of carbonyl (C=O) groups excluding carboxylic acids is 1. The number of rotatable bonds is 6. The van der Waals surface area contributed by atoms with Crippen LogP contribution in [0.25, 0.3) is 0 Å². The molecule has 1 aliphatic rings. The van der Waals surface area contributed by atoms with Crippen molar-refractivity contribution >= 4 is 37.5 Å². The second-order valence-corrected chi connectivity index (χ2v) is 8.75. The number of hydrazone groups is 1. The van der Waals surface area contributed by atoms with E-state index in [-0.39, 0.29) is 12.1 Å². The van der Waals surface area contributed by atoms with Gasteiger partial charge in [-0.2, -0.15) is 26.9 Å². The second-order valence-electron chi connectivity index (χ2n) is 5.94. The van der Waals surface area contributed by atoms with E-state index in [9.17, 15) is 30.7 Å². The van der Waals surface area contributed by atoms with Gasteiger partial charge >= 0.3 is 0 Å². The minimum absolute atomic E-state index is 0.217. The first-order valence-electron chi connectivity index (χ1n) is 8.24. The summed E-state index contributed by atoms with van der Waals surface area (Å²) in [6, 6.07) is 9.08. The van der Waals surface area contributed by atoms with Gasteiger partial charge in [0.25, 0.3) is 26.1 Å². The maximum absolute atomic E-state index is 12.5. The summed E-state index contributed by atoms with van der Waals surface area (Å²) < 4.78 is 70.5. The number of nitrogens with zero attached hydrogens (tertiary/aromatic N) is 2. The number of carbonyl (C=O) groups is 1. The van der Waals surface area contributed by atoms with Gasteiger partial charge in [-0.3, -0.25) is 13.9 Å². The van der Waals surface area contributed by atoms with Gasteiger partial charge in [0.15, 0.2) is 0 Å². The highest BCUT2D eigenvalue weighted by Crippen LogP contribution is 2.33. The topological polar surface area (TPSA) is 151 Å². The van der Waals surface area contributed by atoms with Crippen LogP contribution in [-0.4, -0.2) is 44.2 Å². The molecule has 29 heavy (non-hydrogen) atoms. The lowest BCUT2D eigenvalue weighted by molar-refractivity contribution is -0.116. The average Bonchev–Trinajstić information content (AvgIpc) is 3.02. The summed E-state index contributed by atoms with van der Waals surface area (Å²) in [4.78, 5) is 11.2. The van der Waals surface area contributed by atoms with Gasteiger partial charge in [-0.25, -0.2) is 0 Å². The maximum Gasteiger partial charge on any atom is 0.296 e. The van der Waals surface area contributed by atoms with Crippen molar-refractivity contribution in [2.75, 3.05) is 11.6 Å². The zero-order chi connectivity index (χ0) is 21.4. The largest absolute Gasteiger partial charge is 0.493 e. The summed E-state index contributed by atoms with van der Waals surface area (Å²) in [6.07, 6.45) is -0.217. The molecule has 0 bridgehead atoms. The molecular formula is C17H16N2O8S2. The first-order chi connectivity index (χ1) is 13.5. The van der Waals surface area contributed by atoms with Crippen LogP contribution in [0.2, 0.25) is 0 Å². The molecule has 10 nitrogen and oxygen atoms in total. The number of anilines is 1. The fourth-order valence-electron chi connectivity index (χ4n) is 2.79. The van der Waals surface area contributed by atoms with E-state index < -0.39 is 41.6 Å². The van der Waals surface area contributed by atoms with Crippen LogP contribution >= 0.6 is 0 Å². The molecule has 1 heterocycles. The Morgan fingerprint density at radius 1 is 1.07 bits per heavy atom. The smallest absolute Gasteiger partial charge is 0.296 e. The van der Waals surface area contributed by atoms with Crippen LogP contribution in [0.1, 0.15) is 18.9 Å². The van der Waals surface area contributed by atoms with Crippen LogP contribution in [0.15, 0.2) is 57.4 Å². The van der Waals surface area contributed by atoms with Crippen molar-refractivity contribution in [3.8, 4) is 5.75 Å². The van der Waals surface area contributed by atoms with E-state index in [4.69, 9.17) is 4.74 Å². The quantitative estimate of drug-likeness (QED) is 0.645. The predicted molar refractivity (Wildman–Crippen MR) is 102 cm³/mol. The standard InChI is InChI=1S/C17H16N2O8S2/c1-2-27-15-6-4-3-5-12(15)13-10-17(20)19(18-13)14-9-11(28(21,22)23)7-8-16(14)29(24,25)26/h3-9H,2,10H2,1H3,(H,21,22,23)(H,24,25,26). The predicted octanol–water partition coefficient (Wildman–Crippen LogP) is 1.72. The lowest BCUT2D eigenvalue weighted by atomic mass is 10.1. The van der Waals surface area contributed by atoms with Gasteiger partial charge in [0.1, 0.15) is 10.6 Å². The Balaban J connectivity index is 2.17. The van der Waals surface area contributed by atoms with Crippen LogP contribution < -0.4 is 9.75 Å². The van der Waals surface area contributed by atoms with E-state index in [1.807, 2.05) is 0 Å². The fraction of sp³-hybridized carbons (Fsp3) is 0.176. The number of ether oxygens (including phenoxy) is 1. The molecule has 0 saturated carbocycles. The third kappa shape index (κ3) is 4.29. The summed E-state index contributed by atoms with van der Waals surface area (Å²) in [6.45, 7) is 2.15. The normalized spacial score (nSPS) is 14.8. The molecule has 3 rings (SSSR count). The summed E-state index contributed by atoms with van der Waals surface area (Å²) in [5, 5.41) is 4.79. The Labute approximate surface area is 166 Å². The van der Waals surface area contributed by atoms with Crippen molar-refractivity contribution < 1.29 is 35.5 Å². The van der Waals surface area contributed by atoms with Gasteiger partial charge < -0.3 is 4.74 Å². The van der Waals surface area contributed by atoms with Crippen molar-refractivity contribution in [3.63, 3.8) is 0 Å². The van der Waals surface area contributed by atoms with Crippen LogP contribution in [0.3, 0.4) is 0 Å².